The highest BCUT2D eigenvalue weighted by molar-refractivity contribution is 9.10. The molecule has 0 saturated heterocycles. The van der Waals surface area contributed by atoms with Crippen molar-refractivity contribution in [2.75, 3.05) is 13.7 Å². The molecule has 1 aliphatic carbocycles. The van der Waals surface area contributed by atoms with Crippen LogP contribution in [0.5, 0.6) is 11.5 Å². The molecule has 0 spiro atoms. The van der Waals surface area contributed by atoms with Gasteiger partial charge in [0.2, 0.25) is 0 Å². The Labute approximate surface area is 196 Å². The van der Waals surface area contributed by atoms with Crippen LogP contribution in [0.15, 0.2) is 46.9 Å². The molecule has 0 bridgehead atoms. The van der Waals surface area contributed by atoms with Crippen LogP contribution in [-0.4, -0.2) is 34.6 Å². The van der Waals surface area contributed by atoms with Crippen LogP contribution < -0.4 is 14.8 Å². The van der Waals surface area contributed by atoms with Crippen molar-refractivity contribution in [3.8, 4) is 17.2 Å². The largest absolute Gasteiger partial charge is 0.493 e. The van der Waals surface area contributed by atoms with Gasteiger partial charge in [0.05, 0.1) is 31.1 Å². The molecule has 1 heterocycles. The monoisotopic (exact) mass is 498 g/mol. The Morgan fingerprint density at radius 1 is 1.22 bits per heavy atom. The van der Waals surface area contributed by atoms with Crippen LogP contribution in [0.4, 0.5) is 0 Å². The average Bonchev–Trinajstić information content (AvgIpc) is 3.55. The van der Waals surface area contributed by atoms with Gasteiger partial charge < -0.3 is 14.8 Å². The summed E-state index contributed by atoms with van der Waals surface area (Å²) in [6.07, 6.45) is 2.99. The normalized spacial score (nSPS) is 14.1. The van der Waals surface area contributed by atoms with E-state index < -0.39 is 0 Å². The Bertz CT molecular complexity index is 1090. The number of aromatic nitrogens is 3. The predicted octanol–water partition coefficient (Wildman–Crippen LogP) is 5.20. The highest BCUT2D eigenvalue weighted by atomic mass is 79.9. The number of rotatable bonds is 9. The first-order chi connectivity index (χ1) is 15.5. The highest BCUT2D eigenvalue weighted by Crippen LogP contribution is 2.42. The molecular weight excluding hydrogens is 472 g/mol. The number of benzene rings is 2. The van der Waals surface area contributed by atoms with E-state index in [1.165, 1.54) is 0 Å². The van der Waals surface area contributed by atoms with E-state index in [1.807, 2.05) is 49.4 Å². The second-order valence-electron chi connectivity index (χ2n) is 7.94. The molecule has 1 amide bonds. The van der Waals surface area contributed by atoms with Gasteiger partial charge in [0.25, 0.3) is 5.91 Å². The van der Waals surface area contributed by atoms with E-state index in [9.17, 15) is 4.79 Å². The minimum absolute atomic E-state index is 0.229. The molecular formula is C24H27BrN4O3. The molecule has 1 N–H and O–H groups in total. The van der Waals surface area contributed by atoms with E-state index in [0.717, 1.165) is 40.7 Å². The highest BCUT2D eigenvalue weighted by Gasteiger charge is 2.34. The maximum atomic E-state index is 13.2. The number of halogens is 1. The Morgan fingerprint density at radius 3 is 2.62 bits per heavy atom. The third-order valence-corrected chi connectivity index (χ3v) is 5.98. The molecule has 4 rings (SSSR count). The summed E-state index contributed by atoms with van der Waals surface area (Å²) in [6.45, 7) is 4.62. The van der Waals surface area contributed by atoms with Crippen molar-refractivity contribution in [1.82, 2.24) is 20.3 Å². The molecule has 1 aromatic heterocycles. The van der Waals surface area contributed by atoms with Crippen molar-refractivity contribution >= 4 is 21.8 Å². The van der Waals surface area contributed by atoms with Crippen LogP contribution >= 0.6 is 15.9 Å². The topological polar surface area (TPSA) is 78.3 Å². The Hall–Kier alpha value is -2.87. The summed E-state index contributed by atoms with van der Waals surface area (Å²) in [6, 6.07) is 13.3. The van der Waals surface area contributed by atoms with Gasteiger partial charge in [-0.2, -0.15) is 0 Å². The zero-order chi connectivity index (χ0) is 22.7. The third kappa shape index (κ3) is 4.80. The van der Waals surface area contributed by atoms with Crippen molar-refractivity contribution in [2.45, 2.75) is 45.1 Å². The van der Waals surface area contributed by atoms with Crippen LogP contribution in [0, 0.1) is 0 Å². The van der Waals surface area contributed by atoms with E-state index in [4.69, 9.17) is 9.47 Å². The predicted molar refractivity (Wildman–Crippen MR) is 126 cm³/mol. The lowest BCUT2D eigenvalue weighted by Crippen LogP contribution is -2.28. The van der Waals surface area contributed by atoms with Crippen molar-refractivity contribution < 1.29 is 14.3 Å². The molecule has 0 aliphatic heterocycles. The zero-order valence-corrected chi connectivity index (χ0v) is 20.1. The van der Waals surface area contributed by atoms with Gasteiger partial charge in [-0.05, 0) is 68.1 Å². The molecule has 32 heavy (non-hydrogen) atoms. The maximum absolute atomic E-state index is 13.2. The van der Waals surface area contributed by atoms with Crippen LogP contribution in [0.2, 0.25) is 0 Å². The summed E-state index contributed by atoms with van der Waals surface area (Å²) in [5.74, 6) is 1.43. The smallest absolute Gasteiger partial charge is 0.274 e. The number of methoxy groups -OCH3 is 1. The number of ether oxygens (including phenoxy) is 2. The van der Waals surface area contributed by atoms with Crippen LogP contribution in [0.1, 0.15) is 66.8 Å². The van der Waals surface area contributed by atoms with Gasteiger partial charge in [-0.1, -0.05) is 34.1 Å². The van der Waals surface area contributed by atoms with Crippen molar-refractivity contribution in [3.05, 3.63) is 63.9 Å². The molecule has 8 heteroatoms. The van der Waals surface area contributed by atoms with Crippen LogP contribution in [0.25, 0.3) is 5.69 Å². The molecule has 7 nitrogen and oxygen atoms in total. The fourth-order valence-corrected chi connectivity index (χ4v) is 3.84. The van der Waals surface area contributed by atoms with Gasteiger partial charge in [-0.3, -0.25) is 4.79 Å². The fourth-order valence-electron chi connectivity index (χ4n) is 3.58. The van der Waals surface area contributed by atoms with Crippen molar-refractivity contribution in [1.29, 1.82) is 0 Å². The molecule has 1 fully saturated rings. The number of hydrogen-bond donors (Lipinski definition) is 1. The molecule has 3 aromatic rings. The van der Waals surface area contributed by atoms with E-state index in [-0.39, 0.29) is 11.9 Å². The summed E-state index contributed by atoms with van der Waals surface area (Å²) >= 11 is 3.46. The number of carbonyl (C=O) groups excluding carboxylic acids is 1. The van der Waals surface area contributed by atoms with Gasteiger partial charge in [-0.15, -0.1) is 5.10 Å². The molecule has 1 saturated carbocycles. The maximum Gasteiger partial charge on any atom is 0.274 e. The molecule has 1 aliphatic rings. The summed E-state index contributed by atoms with van der Waals surface area (Å²) in [5, 5.41) is 11.6. The summed E-state index contributed by atoms with van der Waals surface area (Å²) in [5.41, 5.74) is 3.07. The summed E-state index contributed by atoms with van der Waals surface area (Å²) in [4.78, 5) is 13.2. The first-order valence-electron chi connectivity index (χ1n) is 10.8. The average molecular weight is 499 g/mol. The van der Waals surface area contributed by atoms with Gasteiger partial charge >= 0.3 is 0 Å². The number of nitrogens with one attached hydrogen (secondary N) is 1. The van der Waals surface area contributed by atoms with E-state index in [2.05, 4.69) is 38.5 Å². The Morgan fingerprint density at radius 2 is 1.97 bits per heavy atom. The lowest BCUT2D eigenvalue weighted by Gasteiger charge is -2.17. The summed E-state index contributed by atoms with van der Waals surface area (Å²) in [7, 11) is 1.61. The van der Waals surface area contributed by atoms with Crippen molar-refractivity contribution in [2.24, 2.45) is 0 Å². The van der Waals surface area contributed by atoms with Gasteiger partial charge in [-0.25, -0.2) is 4.68 Å². The van der Waals surface area contributed by atoms with Crippen LogP contribution in [0.3, 0.4) is 0 Å². The molecule has 168 valence electrons. The summed E-state index contributed by atoms with van der Waals surface area (Å²) < 4.78 is 14.0. The molecule has 2 aromatic carbocycles. The third-order valence-electron chi connectivity index (χ3n) is 5.45. The number of amides is 1. The lowest BCUT2D eigenvalue weighted by molar-refractivity contribution is 0.0933. The molecule has 1 unspecified atom stereocenters. The van der Waals surface area contributed by atoms with E-state index >= 15 is 0 Å². The first kappa shape index (κ1) is 22.3. The number of hydrogen-bond acceptors (Lipinski definition) is 5. The van der Waals surface area contributed by atoms with Gasteiger partial charge in [0.15, 0.2) is 17.2 Å². The number of carbonyl (C=O) groups is 1. The van der Waals surface area contributed by atoms with Gasteiger partial charge in [0, 0.05) is 10.4 Å². The second-order valence-corrected chi connectivity index (χ2v) is 8.86. The van der Waals surface area contributed by atoms with Crippen LogP contribution in [-0.2, 0) is 0 Å². The molecule has 1 atom stereocenters. The number of nitrogens with zero attached hydrogens (tertiary/aromatic N) is 3. The minimum Gasteiger partial charge on any atom is -0.493 e. The minimum atomic E-state index is -0.235. The second kappa shape index (κ2) is 9.73. The Kier molecular flexibility index (Phi) is 6.79. The zero-order valence-electron chi connectivity index (χ0n) is 18.5. The van der Waals surface area contributed by atoms with E-state index in [1.54, 1.807) is 11.8 Å². The first-order valence-corrected chi connectivity index (χ1v) is 11.6. The fraction of sp³-hybridized carbons (Fsp3) is 0.375. The quantitative estimate of drug-likeness (QED) is 0.438. The standard InChI is InChI=1S/C24H27BrN4O3/c1-4-13-32-20-12-7-17(14-21(20)31-3)15(2)26-24(30)22-23(16-5-6-16)29(28-27-22)19-10-8-18(25)9-11-19/h7-12,14-16H,4-6,13H2,1-3H3,(H,26,30). The van der Waals surface area contributed by atoms with Gasteiger partial charge in [0.1, 0.15) is 0 Å². The lowest BCUT2D eigenvalue weighted by atomic mass is 10.1. The molecule has 0 radical (unpaired) electrons. The van der Waals surface area contributed by atoms with Crippen molar-refractivity contribution in [3.63, 3.8) is 0 Å². The van der Waals surface area contributed by atoms with E-state index in [0.29, 0.717) is 29.7 Å². The Balaban J connectivity index is 1.55. The SMILES string of the molecule is CCCOc1ccc(C(C)NC(=O)c2nnn(-c3ccc(Br)cc3)c2C2CC2)cc1OC.